The third-order valence-electron chi connectivity index (χ3n) is 1.97. The lowest BCUT2D eigenvalue weighted by Gasteiger charge is -2.06. The minimum absolute atomic E-state index is 0.302. The first-order valence-corrected chi connectivity index (χ1v) is 5.35. The van der Waals surface area contributed by atoms with Crippen LogP contribution < -0.4 is 5.32 Å². The molecule has 0 aliphatic heterocycles. The fourth-order valence-electron chi connectivity index (χ4n) is 1.21. The quantitative estimate of drug-likeness (QED) is 0.608. The van der Waals surface area contributed by atoms with E-state index in [1.165, 1.54) is 18.2 Å². The van der Waals surface area contributed by atoms with Crippen molar-refractivity contribution >= 4 is 5.91 Å². The number of carbonyl (C=O) groups is 1. The maximum absolute atomic E-state index is 12.8. The van der Waals surface area contributed by atoms with Crippen LogP contribution in [0.25, 0.3) is 0 Å². The molecule has 0 radical (unpaired) electrons. The topological polar surface area (TPSA) is 38.3 Å². The van der Waals surface area contributed by atoms with Gasteiger partial charge in [-0.25, -0.2) is 4.39 Å². The number of rotatable bonds is 6. The van der Waals surface area contributed by atoms with Gasteiger partial charge in [-0.15, -0.1) is 0 Å². The average Bonchev–Trinajstić information content (AvgIpc) is 2.28. The second-order valence-electron chi connectivity index (χ2n) is 3.78. The number of hydrogen-bond donors (Lipinski definition) is 1. The van der Waals surface area contributed by atoms with E-state index in [0.29, 0.717) is 25.3 Å². The van der Waals surface area contributed by atoms with E-state index in [2.05, 4.69) is 11.9 Å². The van der Waals surface area contributed by atoms with Crippen molar-refractivity contribution < 1.29 is 13.9 Å². The molecule has 1 aromatic carbocycles. The van der Waals surface area contributed by atoms with Crippen LogP contribution in [0.15, 0.2) is 36.4 Å². The Morgan fingerprint density at radius 1 is 1.53 bits per heavy atom. The molecule has 0 aliphatic carbocycles. The number of hydrogen-bond acceptors (Lipinski definition) is 2. The molecule has 0 aliphatic rings. The van der Waals surface area contributed by atoms with Gasteiger partial charge in [-0.2, -0.15) is 0 Å². The van der Waals surface area contributed by atoms with Crippen LogP contribution in [0.4, 0.5) is 4.39 Å². The summed E-state index contributed by atoms with van der Waals surface area (Å²) >= 11 is 0. The molecule has 3 nitrogen and oxygen atoms in total. The Kier molecular flexibility index (Phi) is 5.36. The Hall–Kier alpha value is -1.68. The van der Waals surface area contributed by atoms with Gasteiger partial charge in [0.15, 0.2) is 0 Å². The molecule has 0 unspecified atom stereocenters. The maximum Gasteiger partial charge on any atom is 0.251 e. The van der Waals surface area contributed by atoms with Crippen LogP contribution in [0.3, 0.4) is 0 Å². The molecule has 0 heterocycles. The lowest BCUT2D eigenvalue weighted by Crippen LogP contribution is -2.27. The van der Waals surface area contributed by atoms with Crippen LogP contribution in [0, 0.1) is 5.82 Å². The molecule has 0 spiro atoms. The van der Waals surface area contributed by atoms with Crippen LogP contribution >= 0.6 is 0 Å². The third-order valence-corrected chi connectivity index (χ3v) is 1.97. The number of nitrogens with one attached hydrogen (secondary N) is 1. The Morgan fingerprint density at radius 3 is 2.94 bits per heavy atom. The van der Waals surface area contributed by atoms with Gasteiger partial charge in [-0.1, -0.05) is 18.2 Å². The fourth-order valence-corrected chi connectivity index (χ4v) is 1.21. The van der Waals surface area contributed by atoms with E-state index in [1.54, 1.807) is 6.07 Å². The Labute approximate surface area is 100 Å². The van der Waals surface area contributed by atoms with E-state index < -0.39 is 5.82 Å². The SMILES string of the molecule is C=C(C)COCCNC(=O)c1cccc(F)c1. The Morgan fingerprint density at radius 2 is 2.29 bits per heavy atom. The Bertz CT molecular complexity index is 404. The highest BCUT2D eigenvalue weighted by molar-refractivity contribution is 5.94. The van der Waals surface area contributed by atoms with Crippen LogP contribution in [-0.4, -0.2) is 25.7 Å². The van der Waals surface area contributed by atoms with Crippen LogP contribution in [0.1, 0.15) is 17.3 Å². The van der Waals surface area contributed by atoms with Crippen molar-refractivity contribution in [2.75, 3.05) is 19.8 Å². The minimum Gasteiger partial charge on any atom is -0.375 e. The normalized spacial score (nSPS) is 10.0. The first-order chi connectivity index (χ1) is 8.09. The molecular formula is C13H16FNO2. The molecule has 0 saturated heterocycles. The van der Waals surface area contributed by atoms with Crippen molar-refractivity contribution in [2.45, 2.75) is 6.92 Å². The zero-order chi connectivity index (χ0) is 12.7. The molecule has 0 saturated carbocycles. The van der Waals surface area contributed by atoms with Gasteiger partial charge in [-0.3, -0.25) is 4.79 Å². The standard InChI is InChI=1S/C13H16FNO2/c1-10(2)9-17-7-6-15-13(16)11-4-3-5-12(14)8-11/h3-5,8H,1,6-7,9H2,2H3,(H,15,16). The summed E-state index contributed by atoms with van der Waals surface area (Å²) in [5.41, 5.74) is 1.24. The monoisotopic (exact) mass is 237 g/mol. The van der Waals surface area contributed by atoms with E-state index in [9.17, 15) is 9.18 Å². The summed E-state index contributed by atoms with van der Waals surface area (Å²) in [4.78, 5) is 11.5. The average molecular weight is 237 g/mol. The van der Waals surface area contributed by atoms with Gasteiger partial charge < -0.3 is 10.1 Å². The first-order valence-electron chi connectivity index (χ1n) is 5.35. The smallest absolute Gasteiger partial charge is 0.251 e. The summed E-state index contributed by atoms with van der Waals surface area (Å²) in [5, 5.41) is 2.64. The summed E-state index contributed by atoms with van der Waals surface area (Å²) < 4.78 is 18.1. The van der Waals surface area contributed by atoms with Gasteiger partial charge in [0.1, 0.15) is 5.82 Å². The van der Waals surface area contributed by atoms with Crippen molar-refractivity contribution in [3.05, 3.63) is 47.8 Å². The van der Waals surface area contributed by atoms with E-state index >= 15 is 0 Å². The second-order valence-corrected chi connectivity index (χ2v) is 3.78. The molecule has 1 N–H and O–H groups in total. The zero-order valence-electron chi connectivity index (χ0n) is 9.83. The highest BCUT2D eigenvalue weighted by Crippen LogP contribution is 2.02. The van der Waals surface area contributed by atoms with Gasteiger partial charge in [0.05, 0.1) is 13.2 Å². The minimum atomic E-state index is -0.420. The van der Waals surface area contributed by atoms with E-state index in [0.717, 1.165) is 5.57 Å². The van der Waals surface area contributed by atoms with E-state index in [4.69, 9.17) is 4.74 Å². The lowest BCUT2D eigenvalue weighted by atomic mass is 10.2. The number of carbonyl (C=O) groups excluding carboxylic acids is 1. The summed E-state index contributed by atoms with van der Waals surface area (Å²) in [6.45, 7) is 6.84. The molecule has 0 atom stereocenters. The predicted molar refractivity (Wildman–Crippen MR) is 64.4 cm³/mol. The van der Waals surface area contributed by atoms with Gasteiger partial charge >= 0.3 is 0 Å². The van der Waals surface area contributed by atoms with E-state index in [1.807, 2.05) is 6.92 Å². The number of halogens is 1. The molecule has 17 heavy (non-hydrogen) atoms. The van der Waals surface area contributed by atoms with Gasteiger partial charge in [0.2, 0.25) is 0 Å². The number of amides is 1. The molecule has 92 valence electrons. The van der Waals surface area contributed by atoms with Crippen molar-refractivity contribution in [2.24, 2.45) is 0 Å². The third kappa shape index (κ3) is 5.26. The van der Waals surface area contributed by atoms with Crippen LogP contribution in [-0.2, 0) is 4.74 Å². The molecule has 1 amide bonds. The van der Waals surface area contributed by atoms with Gasteiger partial charge in [-0.05, 0) is 25.1 Å². The first kappa shape index (κ1) is 13.4. The van der Waals surface area contributed by atoms with Crippen molar-refractivity contribution in [3.8, 4) is 0 Å². The predicted octanol–water partition coefficient (Wildman–Crippen LogP) is 2.15. The zero-order valence-corrected chi connectivity index (χ0v) is 9.83. The van der Waals surface area contributed by atoms with Crippen LogP contribution in [0.2, 0.25) is 0 Å². The van der Waals surface area contributed by atoms with Crippen molar-refractivity contribution in [1.82, 2.24) is 5.32 Å². The van der Waals surface area contributed by atoms with E-state index in [-0.39, 0.29) is 5.91 Å². The highest BCUT2D eigenvalue weighted by Gasteiger charge is 2.04. The fraction of sp³-hybridized carbons (Fsp3) is 0.308. The molecule has 0 aromatic heterocycles. The van der Waals surface area contributed by atoms with Gasteiger partial charge in [0.25, 0.3) is 5.91 Å². The Balaban J connectivity index is 2.28. The number of ether oxygens (including phenoxy) is 1. The number of benzene rings is 1. The molecule has 1 aromatic rings. The summed E-state index contributed by atoms with van der Waals surface area (Å²) in [5.74, 6) is -0.723. The summed E-state index contributed by atoms with van der Waals surface area (Å²) in [7, 11) is 0. The van der Waals surface area contributed by atoms with Gasteiger partial charge in [0, 0.05) is 12.1 Å². The molecule has 0 bridgehead atoms. The van der Waals surface area contributed by atoms with Crippen LogP contribution in [0.5, 0.6) is 0 Å². The lowest BCUT2D eigenvalue weighted by molar-refractivity contribution is 0.0926. The highest BCUT2D eigenvalue weighted by atomic mass is 19.1. The van der Waals surface area contributed by atoms with Crippen molar-refractivity contribution in [1.29, 1.82) is 0 Å². The van der Waals surface area contributed by atoms with Crippen molar-refractivity contribution in [3.63, 3.8) is 0 Å². The maximum atomic E-state index is 12.8. The molecular weight excluding hydrogens is 221 g/mol. The summed E-state index contributed by atoms with van der Waals surface area (Å²) in [6, 6.07) is 5.56. The molecule has 0 fully saturated rings. The largest absolute Gasteiger partial charge is 0.375 e. The summed E-state index contributed by atoms with van der Waals surface area (Å²) in [6.07, 6.45) is 0. The molecule has 1 rings (SSSR count). The second kappa shape index (κ2) is 6.81. The molecule has 4 heteroatoms.